The Labute approximate surface area is 93.1 Å². The van der Waals surface area contributed by atoms with Crippen molar-refractivity contribution in [3.63, 3.8) is 0 Å². The highest BCUT2D eigenvalue weighted by molar-refractivity contribution is 5.50. The summed E-state index contributed by atoms with van der Waals surface area (Å²) in [7, 11) is 0. The molecule has 5 heteroatoms. The second-order valence-electron chi connectivity index (χ2n) is 3.51. The lowest BCUT2D eigenvalue weighted by molar-refractivity contribution is 0.806. The van der Waals surface area contributed by atoms with E-state index in [0.29, 0.717) is 17.1 Å². The number of hydrogen-bond donors (Lipinski definition) is 1. The van der Waals surface area contributed by atoms with Gasteiger partial charge in [0.2, 0.25) is 0 Å². The topological polar surface area (TPSA) is 80.5 Å². The Balaban J connectivity index is 2.59. The number of nitrogen functional groups attached to an aromatic ring is 1. The van der Waals surface area contributed by atoms with Crippen molar-refractivity contribution < 1.29 is 0 Å². The molecule has 2 N–H and O–H groups in total. The summed E-state index contributed by atoms with van der Waals surface area (Å²) in [6.45, 7) is 3.71. The summed E-state index contributed by atoms with van der Waals surface area (Å²) in [6, 6.07) is 5.40. The molecule has 0 saturated heterocycles. The average molecular weight is 213 g/mol. The molecule has 2 aromatic rings. The minimum atomic E-state index is 0.552. The minimum absolute atomic E-state index is 0.552. The molecule has 0 aliphatic carbocycles. The predicted octanol–water partition coefficient (Wildman–Crippen LogP) is 1.34. The highest BCUT2D eigenvalue weighted by atomic mass is 15.3. The summed E-state index contributed by atoms with van der Waals surface area (Å²) in [5.74, 6) is 0.608. The van der Waals surface area contributed by atoms with Gasteiger partial charge in [-0.15, -0.1) is 0 Å². The van der Waals surface area contributed by atoms with Crippen LogP contribution in [0.4, 0.5) is 5.69 Å². The van der Waals surface area contributed by atoms with Crippen molar-refractivity contribution in [2.75, 3.05) is 5.73 Å². The zero-order valence-corrected chi connectivity index (χ0v) is 9.10. The number of aromatic nitrogens is 3. The maximum atomic E-state index is 8.81. The molecular formula is C11H11N5. The number of pyridine rings is 1. The van der Waals surface area contributed by atoms with Gasteiger partial charge in [0.15, 0.2) is 5.82 Å². The number of anilines is 1. The highest BCUT2D eigenvalue weighted by Gasteiger charge is 2.10. The first kappa shape index (κ1) is 10.2. The van der Waals surface area contributed by atoms with Crippen molar-refractivity contribution in [1.29, 1.82) is 5.26 Å². The second-order valence-corrected chi connectivity index (χ2v) is 3.51. The largest absolute Gasteiger partial charge is 0.396 e. The van der Waals surface area contributed by atoms with Gasteiger partial charge < -0.3 is 5.73 Å². The molecule has 0 bridgehead atoms. The van der Waals surface area contributed by atoms with Gasteiger partial charge in [-0.1, -0.05) is 0 Å². The molecule has 0 atom stereocenters. The van der Waals surface area contributed by atoms with Gasteiger partial charge in [-0.3, -0.25) is 0 Å². The Hall–Kier alpha value is -2.35. The zero-order chi connectivity index (χ0) is 11.7. The molecule has 2 heterocycles. The number of nitrogens with two attached hydrogens (primary N) is 1. The first-order chi connectivity index (χ1) is 7.63. The molecule has 0 unspecified atom stereocenters. The summed E-state index contributed by atoms with van der Waals surface area (Å²) >= 11 is 0. The molecule has 0 aliphatic rings. The Kier molecular flexibility index (Phi) is 2.33. The number of nitriles is 1. The van der Waals surface area contributed by atoms with E-state index in [-0.39, 0.29) is 0 Å². The van der Waals surface area contributed by atoms with Crippen LogP contribution in [-0.4, -0.2) is 14.8 Å². The van der Waals surface area contributed by atoms with Crippen molar-refractivity contribution in [2.24, 2.45) is 0 Å². The van der Waals surface area contributed by atoms with Gasteiger partial charge in [0.1, 0.15) is 0 Å². The second kappa shape index (κ2) is 3.66. The van der Waals surface area contributed by atoms with Crippen LogP contribution < -0.4 is 5.73 Å². The molecule has 0 saturated carbocycles. The number of aryl methyl sites for hydroxylation is 1. The van der Waals surface area contributed by atoms with Crippen LogP contribution >= 0.6 is 0 Å². The van der Waals surface area contributed by atoms with E-state index in [4.69, 9.17) is 11.0 Å². The van der Waals surface area contributed by atoms with Crippen LogP contribution in [0.2, 0.25) is 0 Å². The summed E-state index contributed by atoms with van der Waals surface area (Å²) in [4.78, 5) is 4.17. The van der Waals surface area contributed by atoms with Crippen LogP contribution in [-0.2, 0) is 0 Å². The predicted molar refractivity (Wildman–Crippen MR) is 60.0 cm³/mol. The zero-order valence-electron chi connectivity index (χ0n) is 9.10. The van der Waals surface area contributed by atoms with Crippen LogP contribution in [0.25, 0.3) is 5.82 Å². The van der Waals surface area contributed by atoms with Gasteiger partial charge >= 0.3 is 0 Å². The standard InChI is InChI=1S/C11H11N5/c1-7-11(13)8(2)16(15-7)10-5-9(6-12)3-4-14-10/h3-5H,13H2,1-2H3. The van der Waals surface area contributed by atoms with Crippen LogP contribution in [0, 0.1) is 25.2 Å². The lowest BCUT2D eigenvalue weighted by Crippen LogP contribution is -2.02. The van der Waals surface area contributed by atoms with E-state index >= 15 is 0 Å². The first-order valence-electron chi connectivity index (χ1n) is 4.81. The molecule has 0 fully saturated rings. The van der Waals surface area contributed by atoms with Crippen LogP contribution in [0.1, 0.15) is 17.0 Å². The summed E-state index contributed by atoms with van der Waals surface area (Å²) in [5.41, 5.74) is 8.64. The third-order valence-corrected chi connectivity index (χ3v) is 2.44. The molecular weight excluding hydrogens is 202 g/mol. The van der Waals surface area contributed by atoms with E-state index in [1.54, 1.807) is 23.0 Å². The van der Waals surface area contributed by atoms with Crippen molar-refractivity contribution in [1.82, 2.24) is 14.8 Å². The summed E-state index contributed by atoms with van der Waals surface area (Å²) in [5, 5.41) is 13.1. The van der Waals surface area contributed by atoms with Gasteiger partial charge in [0.25, 0.3) is 0 Å². The van der Waals surface area contributed by atoms with Gasteiger partial charge in [-0.25, -0.2) is 9.67 Å². The molecule has 2 aromatic heterocycles. The third kappa shape index (κ3) is 1.50. The Morgan fingerprint density at radius 2 is 2.19 bits per heavy atom. The van der Waals surface area contributed by atoms with E-state index in [1.807, 2.05) is 13.8 Å². The smallest absolute Gasteiger partial charge is 0.154 e. The molecule has 16 heavy (non-hydrogen) atoms. The molecule has 0 radical (unpaired) electrons. The van der Waals surface area contributed by atoms with Gasteiger partial charge in [0, 0.05) is 12.3 Å². The maximum Gasteiger partial charge on any atom is 0.154 e. The fraction of sp³-hybridized carbons (Fsp3) is 0.182. The summed E-state index contributed by atoms with van der Waals surface area (Å²) in [6.07, 6.45) is 1.58. The Morgan fingerprint density at radius 3 is 2.75 bits per heavy atom. The molecule has 0 aromatic carbocycles. The molecule has 5 nitrogen and oxygen atoms in total. The van der Waals surface area contributed by atoms with Crippen LogP contribution in [0.15, 0.2) is 18.3 Å². The molecule has 80 valence electrons. The van der Waals surface area contributed by atoms with E-state index in [2.05, 4.69) is 16.2 Å². The van der Waals surface area contributed by atoms with E-state index in [9.17, 15) is 0 Å². The number of rotatable bonds is 1. The van der Waals surface area contributed by atoms with E-state index in [0.717, 1.165) is 11.4 Å². The van der Waals surface area contributed by atoms with Gasteiger partial charge in [0.05, 0.1) is 28.7 Å². The van der Waals surface area contributed by atoms with E-state index < -0.39 is 0 Å². The number of hydrogen-bond acceptors (Lipinski definition) is 4. The fourth-order valence-electron chi connectivity index (χ4n) is 1.48. The van der Waals surface area contributed by atoms with Crippen LogP contribution in [0.3, 0.4) is 0 Å². The highest BCUT2D eigenvalue weighted by Crippen LogP contribution is 2.18. The average Bonchev–Trinajstić information content (AvgIpc) is 2.57. The van der Waals surface area contributed by atoms with Crippen molar-refractivity contribution >= 4 is 5.69 Å². The monoisotopic (exact) mass is 213 g/mol. The van der Waals surface area contributed by atoms with Crippen molar-refractivity contribution in [3.8, 4) is 11.9 Å². The van der Waals surface area contributed by atoms with E-state index in [1.165, 1.54) is 0 Å². The lowest BCUT2D eigenvalue weighted by Gasteiger charge is -2.02. The SMILES string of the molecule is Cc1nn(-c2cc(C#N)ccn2)c(C)c1N. The Bertz CT molecular complexity index is 577. The number of nitrogens with zero attached hydrogens (tertiary/aromatic N) is 4. The maximum absolute atomic E-state index is 8.81. The Morgan fingerprint density at radius 1 is 1.44 bits per heavy atom. The molecule has 0 aliphatic heterocycles. The fourth-order valence-corrected chi connectivity index (χ4v) is 1.48. The molecule has 0 amide bonds. The normalized spacial score (nSPS) is 10.1. The van der Waals surface area contributed by atoms with Crippen molar-refractivity contribution in [3.05, 3.63) is 35.3 Å². The molecule has 2 rings (SSSR count). The first-order valence-corrected chi connectivity index (χ1v) is 4.81. The quantitative estimate of drug-likeness (QED) is 0.775. The van der Waals surface area contributed by atoms with Gasteiger partial charge in [-0.05, 0) is 19.9 Å². The van der Waals surface area contributed by atoms with Crippen molar-refractivity contribution in [2.45, 2.75) is 13.8 Å². The van der Waals surface area contributed by atoms with Crippen LogP contribution in [0.5, 0.6) is 0 Å². The third-order valence-electron chi connectivity index (χ3n) is 2.44. The lowest BCUT2D eigenvalue weighted by atomic mass is 10.3. The summed E-state index contributed by atoms with van der Waals surface area (Å²) < 4.78 is 1.64. The van der Waals surface area contributed by atoms with Gasteiger partial charge in [-0.2, -0.15) is 10.4 Å². The molecule has 0 spiro atoms. The minimum Gasteiger partial charge on any atom is -0.396 e.